The lowest BCUT2D eigenvalue weighted by atomic mass is 10.1. The minimum atomic E-state index is -0.696. The Labute approximate surface area is 141 Å². The molecule has 0 spiro atoms. The molecule has 0 bridgehead atoms. The quantitative estimate of drug-likeness (QED) is 0.859. The second-order valence-electron chi connectivity index (χ2n) is 6.00. The van der Waals surface area contributed by atoms with Gasteiger partial charge in [0.1, 0.15) is 16.7 Å². The maximum absolute atomic E-state index is 14.6. The molecule has 1 aromatic heterocycles. The molecular weight excluding hydrogens is 337 g/mol. The number of rotatable bonds is 1. The number of hydrogen-bond acceptors (Lipinski definition) is 3. The number of benzene rings is 1. The van der Waals surface area contributed by atoms with Crippen LogP contribution in [0.3, 0.4) is 0 Å². The molecule has 8 heteroatoms. The van der Waals surface area contributed by atoms with Gasteiger partial charge in [-0.2, -0.15) is 0 Å². The van der Waals surface area contributed by atoms with Gasteiger partial charge >= 0.3 is 0 Å². The van der Waals surface area contributed by atoms with E-state index in [2.05, 4.69) is 5.32 Å². The fourth-order valence-corrected chi connectivity index (χ4v) is 3.53. The molecule has 1 aromatic carbocycles. The van der Waals surface area contributed by atoms with Gasteiger partial charge in [-0.05, 0) is 25.8 Å². The Morgan fingerprint density at radius 3 is 2.67 bits per heavy atom. The summed E-state index contributed by atoms with van der Waals surface area (Å²) in [4.78, 5) is 24.4. The topological polar surface area (TPSA) is 65.3 Å². The molecule has 126 valence electrons. The fraction of sp³-hybridized carbons (Fsp3) is 0.375. The van der Waals surface area contributed by atoms with E-state index in [0.717, 1.165) is 12.8 Å². The normalized spacial score (nSPS) is 19.3. The number of fused-ring (bicyclic) bond motifs is 2. The molecule has 0 saturated carbocycles. The van der Waals surface area contributed by atoms with Crippen LogP contribution in [0.25, 0.3) is 11.1 Å². The number of aromatic nitrogens is 2. The van der Waals surface area contributed by atoms with Gasteiger partial charge in [0.2, 0.25) is 0 Å². The summed E-state index contributed by atoms with van der Waals surface area (Å²) in [6, 6.07) is 2.58. The van der Waals surface area contributed by atoms with E-state index in [4.69, 9.17) is 16.3 Å². The van der Waals surface area contributed by atoms with Gasteiger partial charge in [0, 0.05) is 24.7 Å². The molecule has 1 unspecified atom stereocenters. The molecule has 2 aliphatic heterocycles. The molecule has 0 aliphatic carbocycles. The van der Waals surface area contributed by atoms with Crippen molar-refractivity contribution in [1.82, 2.24) is 9.36 Å². The summed E-state index contributed by atoms with van der Waals surface area (Å²) in [7, 11) is 0. The third-order valence-electron chi connectivity index (χ3n) is 4.43. The van der Waals surface area contributed by atoms with E-state index in [9.17, 15) is 14.0 Å². The molecule has 2 aliphatic rings. The largest absolute Gasteiger partial charge is 0.479 e. The Kier molecular flexibility index (Phi) is 3.42. The number of carbonyl (C=O) groups excluding carboxylic acids is 1. The van der Waals surface area contributed by atoms with Crippen molar-refractivity contribution in [2.24, 2.45) is 0 Å². The lowest BCUT2D eigenvalue weighted by molar-refractivity contribution is -0.122. The minimum Gasteiger partial charge on any atom is -0.479 e. The zero-order valence-electron chi connectivity index (χ0n) is 12.9. The van der Waals surface area contributed by atoms with Crippen molar-refractivity contribution >= 4 is 23.2 Å². The van der Waals surface area contributed by atoms with Crippen LogP contribution < -0.4 is 15.6 Å². The first-order chi connectivity index (χ1) is 11.5. The van der Waals surface area contributed by atoms with Crippen molar-refractivity contribution in [3.05, 3.63) is 33.5 Å². The van der Waals surface area contributed by atoms with Crippen LogP contribution in [0.4, 0.5) is 10.1 Å². The number of halogens is 2. The number of nitrogens with one attached hydrogen (secondary N) is 1. The van der Waals surface area contributed by atoms with Crippen molar-refractivity contribution in [2.75, 3.05) is 5.32 Å². The summed E-state index contributed by atoms with van der Waals surface area (Å²) < 4.78 is 23.2. The Bertz CT molecular complexity index is 918. The van der Waals surface area contributed by atoms with Crippen molar-refractivity contribution in [3.8, 4) is 16.9 Å². The lowest BCUT2D eigenvalue weighted by Gasteiger charge is -2.23. The van der Waals surface area contributed by atoms with E-state index in [1.54, 1.807) is 11.6 Å². The number of hydrogen-bond donors (Lipinski definition) is 1. The van der Waals surface area contributed by atoms with Gasteiger partial charge in [-0.15, -0.1) is 0 Å². The predicted octanol–water partition coefficient (Wildman–Crippen LogP) is 2.62. The SMILES string of the molecule is CC1Oc2cc(F)c(-c3c(Cl)n4n(c3=O)CCCC4)cc2NC1=O. The molecular formula is C16H15ClFN3O3. The third kappa shape index (κ3) is 2.15. The predicted molar refractivity (Wildman–Crippen MR) is 87.0 cm³/mol. The van der Waals surface area contributed by atoms with Crippen LogP contribution in [0.1, 0.15) is 19.8 Å². The molecule has 1 N–H and O–H groups in total. The van der Waals surface area contributed by atoms with Gasteiger partial charge in [0.15, 0.2) is 6.10 Å². The van der Waals surface area contributed by atoms with Crippen molar-refractivity contribution in [1.29, 1.82) is 0 Å². The molecule has 0 saturated heterocycles. The molecule has 4 rings (SSSR count). The average molecular weight is 352 g/mol. The molecule has 1 atom stereocenters. The van der Waals surface area contributed by atoms with Crippen LogP contribution in [0.5, 0.6) is 5.75 Å². The second kappa shape index (κ2) is 5.37. The van der Waals surface area contributed by atoms with E-state index < -0.39 is 11.9 Å². The van der Waals surface area contributed by atoms with Crippen LogP contribution in [0.2, 0.25) is 5.15 Å². The van der Waals surface area contributed by atoms with Crippen LogP contribution >= 0.6 is 11.6 Å². The van der Waals surface area contributed by atoms with Crippen LogP contribution in [-0.4, -0.2) is 21.4 Å². The first-order valence-electron chi connectivity index (χ1n) is 7.78. The van der Waals surface area contributed by atoms with Gasteiger partial charge in [0.05, 0.1) is 11.3 Å². The number of carbonyl (C=O) groups is 1. The van der Waals surface area contributed by atoms with Crippen molar-refractivity contribution in [3.63, 3.8) is 0 Å². The van der Waals surface area contributed by atoms with Crippen LogP contribution in [-0.2, 0) is 17.9 Å². The Hall–Kier alpha value is -2.28. The van der Waals surface area contributed by atoms with E-state index >= 15 is 0 Å². The summed E-state index contributed by atoms with van der Waals surface area (Å²) in [5, 5.41) is 2.88. The summed E-state index contributed by atoms with van der Waals surface area (Å²) in [6.45, 7) is 2.76. The average Bonchev–Trinajstić information content (AvgIpc) is 2.81. The molecule has 6 nitrogen and oxygen atoms in total. The van der Waals surface area contributed by atoms with Crippen molar-refractivity contribution in [2.45, 2.75) is 39.0 Å². The maximum Gasteiger partial charge on any atom is 0.276 e. The molecule has 1 amide bonds. The number of nitrogens with zero attached hydrogens (tertiary/aromatic N) is 2. The highest BCUT2D eigenvalue weighted by Crippen LogP contribution is 2.37. The smallest absolute Gasteiger partial charge is 0.276 e. The maximum atomic E-state index is 14.6. The Balaban J connectivity index is 1.90. The number of ether oxygens (including phenoxy) is 1. The summed E-state index contributed by atoms with van der Waals surface area (Å²) in [6.07, 6.45) is 1.11. The Morgan fingerprint density at radius 1 is 1.25 bits per heavy atom. The fourth-order valence-electron chi connectivity index (χ4n) is 3.17. The van der Waals surface area contributed by atoms with E-state index in [1.807, 2.05) is 0 Å². The van der Waals surface area contributed by atoms with E-state index in [-0.39, 0.29) is 33.5 Å². The monoisotopic (exact) mass is 351 g/mol. The molecule has 0 radical (unpaired) electrons. The molecule has 3 heterocycles. The second-order valence-corrected chi connectivity index (χ2v) is 6.36. The number of amides is 1. The van der Waals surface area contributed by atoms with Gasteiger partial charge in [0.25, 0.3) is 11.5 Å². The third-order valence-corrected chi connectivity index (χ3v) is 4.82. The standard InChI is InChI=1S/C16H15ClFN3O3/c1-8-15(22)19-11-6-9(10(18)7-12(11)24-8)13-14(17)20-4-2-3-5-21(20)16(13)23/h6-8H,2-5H2,1H3,(H,19,22). The highest BCUT2D eigenvalue weighted by atomic mass is 35.5. The molecule has 24 heavy (non-hydrogen) atoms. The summed E-state index contributed by atoms with van der Waals surface area (Å²) in [5.74, 6) is -0.692. The highest BCUT2D eigenvalue weighted by Gasteiger charge is 2.28. The van der Waals surface area contributed by atoms with Crippen LogP contribution in [0.15, 0.2) is 16.9 Å². The zero-order chi connectivity index (χ0) is 17.0. The molecule has 2 aromatic rings. The number of anilines is 1. The summed E-state index contributed by atoms with van der Waals surface area (Å²) >= 11 is 6.35. The first kappa shape index (κ1) is 15.3. The van der Waals surface area contributed by atoms with Gasteiger partial charge in [-0.3, -0.25) is 14.3 Å². The van der Waals surface area contributed by atoms with Crippen molar-refractivity contribution < 1.29 is 13.9 Å². The van der Waals surface area contributed by atoms with Gasteiger partial charge in [-0.25, -0.2) is 9.07 Å². The highest BCUT2D eigenvalue weighted by molar-refractivity contribution is 6.32. The van der Waals surface area contributed by atoms with Crippen LogP contribution in [0, 0.1) is 5.82 Å². The zero-order valence-corrected chi connectivity index (χ0v) is 13.7. The van der Waals surface area contributed by atoms with Gasteiger partial charge < -0.3 is 10.1 Å². The van der Waals surface area contributed by atoms with E-state index in [1.165, 1.54) is 16.8 Å². The Morgan fingerprint density at radius 2 is 1.96 bits per heavy atom. The first-order valence-corrected chi connectivity index (χ1v) is 8.15. The van der Waals surface area contributed by atoms with E-state index in [0.29, 0.717) is 18.8 Å². The lowest BCUT2D eigenvalue weighted by Crippen LogP contribution is -2.34. The molecule has 0 fully saturated rings. The van der Waals surface area contributed by atoms with Gasteiger partial charge in [-0.1, -0.05) is 11.6 Å². The summed E-state index contributed by atoms with van der Waals surface area (Å²) in [5.41, 5.74) is 0.192. The minimum absolute atomic E-state index is 0.0663.